The maximum atomic E-state index is 11.5. The van der Waals surface area contributed by atoms with Crippen molar-refractivity contribution in [2.24, 2.45) is 11.8 Å². The summed E-state index contributed by atoms with van der Waals surface area (Å²) in [5.74, 6) is 1.30. The van der Waals surface area contributed by atoms with Crippen molar-refractivity contribution in [3.8, 4) is 0 Å². The molecule has 0 bridgehead atoms. The molecule has 3 aliphatic rings. The molecule has 0 saturated carbocycles. The van der Waals surface area contributed by atoms with Crippen LogP contribution in [0.1, 0.15) is 12.0 Å². The zero-order valence-corrected chi connectivity index (χ0v) is 12.8. The summed E-state index contributed by atoms with van der Waals surface area (Å²) in [4.78, 5) is 11.5. The third kappa shape index (κ3) is 2.61. The van der Waals surface area contributed by atoms with E-state index in [2.05, 4.69) is 0 Å². The SMILES string of the molecule is COC1=C[C@H]2O[C@H]3OC(=O)C[C@H]3[C@H]2C(OCc2ccccc2)=C1. The zero-order valence-electron chi connectivity index (χ0n) is 12.8. The van der Waals surface area contributed by atoms with E-state index >= 15 is 0 Å². The lowest BCUT2D eigenvalue weighted by Gasteiger charge is -2.26. The molecule has 4 rings (SSSR count). The van der Waals surface area contributed by atoms with E-state index in [1.165, 1.54) is 0 Å². The lowest BCUT2D eigenvalue weighted by atomic mass is 9.84. The van der Waals surface area contributed by atoms with E-state index in [9.17, 15) is 4.79 Å². The van der Waals surface area contributed by atoms with Crippen LogP contribution in [-0.2, 0) is 30.3 Å². The third-order valence-electron chi connectivity index (χ3n) is 4.53. The van der Waals surface area contributed by atoms with Crippen molar-refractivity contribution >= 4 is 5.97 Å². The van der Waals surface area contributed by atoms with Crippen LogP contribution in [0.4, 0.5) is 0 Å². The summed E-state index contributed by atoms with van der Waals surface area (Å²) < 4.78 is 22.5. The first-order valence-electron chi connectivity index (χ1n) is 7.73. The van der Waals surface area contributed by atoms with Gasteiger partial charge in [0.05, 0.1) is 25.6 Å². The molecule has 2 fully saturated rings. The Kier molecular flexibility index (Phi) is 3.58. The molecule has 1 aromatic rings. The molecule has 0 radical (unpaired) electrons. The summed E-state index contributed by atoms with van der Waals surface area (Å²) in [5, 5.41) is 0. The van der Waals surface area contributed by atoms with Crippen molar-refractivity contribution in [2.45, 2.75) is 25.4 Å². The second kappa shape index (κ2) is 5.74. The van der Waals surface area contributed by atoms with Crippen LogP contribution in [-0.4, -0.2) is 25.5 Å². The Morgan fingerprint density at radius 2 is 2.09 bits per heavy atom. The first kappa shape index (κ1) is 14.3. The Morgan fingerprint density at radius 1 is 1.26 bits per heavy atom. The predicted molar refractivity (Wildman–Crippen MR) is 80.8 cm³/mol. The summed E-state index contributed by atoms with van der Waals surface area (Å²) in [6.45, 7) is 0.471. The highest BCUT2D eigenvalue weighted by Crippen LogP contribution is 2.47. The maximum Gasteiger partial charge on any atom is 0.308 e. The van der Waals surface area contributed by atoms with Crippen LogP contribution < -0.4 is 0 Å². The Bertz CT molecular complexity index is 663. The number of methoxy groups -OCH3 is 1. The van der Waals surface area contributed by atoms with Crippen molar-refractivity contribution < 1.29 is 23.7 Å². The molecule has 0 unspecified atom stereocenters. The first-order valence-corrected chi connectivity index (χ1v) is 7.73. The van der Waals surface area contributed by atoms with Gasteiger partial charge in [0.1, 0.15) is 18.1 Å². The molecule has 0 aromatic heterocycles. The van der Waals surface area contributed by atoms with Crippen molar-refractivity contribution in [1.82, 2.24) is 0 Å². The normalized spacial score (nSPS) is 31.6. The van der Waals surface area contributed by atoms with Crippen LogP contribution >= 0.6 is 0 Å². The van der Waals surface area contributed by atoms with Crippen LogP contribution in [0.15, 0.2) is 54.0 Å². The van der Waals surface area contributed by atoms with Crippen LogP contribution in [0.3, 0.4) is 0 Å². The first-order chi connectivity index (χ1) is 11.2. The van der Waals surface area contributed by atoms with Gasteiger partial charge in [-0.1, -0.05) is 30.3 Å². The van der Waals surface area contributed by atoms with Crippen molar-refractivity contribution in [3.05, 3.63) is 59.6 Å². The Hall–Kier alpha value is -2.27. The van der Waals surface area contributed by atoms with Crippen molar-refractivity contribution in [1.29, 1.82) is 0 Å². The highest BCUT2D eigenvalue weighted by atomic mass is 16.7. The van der Waals surface area contributed by atoms with Crippen molar-refractivity contribution in [3.63, 3.8) is 0 Å². The summed E-state index contributed by atoms with van der Waals surface area (Å²) in [5.41, 5.74) is 1.09. The Labute approximate surface area is 134 Å². The lowest BCUT2D eigenvalue weighted by molar-refractivity contribution is -0.161. The average Bonchev–Trinajstić information content (AvgIpc) is 3.08. The van der Waals surface area contributed by atoms with Crippen LogP contribution in [0.5, 0.6) is 0 Å². The standard InChI is InChI=1S/C18H18O5/c1-20-12-7-14(21-10-11-5-3-2-4-6-11)17-13-9-16(19)23-18(13)22-15(17)8-12/h2-8,13,15,17-18H,9-10H2,1H3/t13-,15+,17-,18-/m0/s1. The minimum absolute atomic E-state index is 0.00387. The van der Waals surface area contributed by atoms with Crippen LogP contribution in [0.2, 0.25) is 0 Å². The van der Waals surface area contributed by atoms with Gasteiger partial charge in [-0.05, 0) is 11.6 Å². The average molecular weight is 314 g/mol. The number of benzene rings is 1. The topological polar surface area (TPSA) is 54.0 Å². The fraction of sp³-hybridized carbons (Fsp3) is 0.389. The number of allylic oxidation sites excluding steroid dienone is 1. The molecular formula is C18H18O5. The summed E-state index contributed by atoms with van der Waals surface area (Å²) in [7, 11) is 1.62. The minimum atomic E-state index is -0.478. The monoisotopic (exact) mass is 314 g/mol. The Balaban J connectivity index is 1.56. The number of rotatable bonds is 4. The number of carbonyl (C=O) groups excluding carboxylic acids is 1. The van der Waals surface area contributed by atoms with Gasteiger partial charge in [-0.2, -0.15) is 0 Å². The van der Waals surface area contributed by atoms with E-state index in [4.69, 9.17) is 18.9 Å². The summed E-state index contributed by atoms with van der Waals surface area (Å²) in [6, 6.07) is 9.97. The number of fused-ring (bicyclic) bond motifs is 3. The highest BCUT2D eigenvalue weighted by Gasteiger charge is 2.53. The predicted octanol–water partition coefficient (Wildman–Crippen LogP) is 2.54. The fourth-order valence-corrected chi connectivity index (χ4v) is 3.43. The van der Waals surface area contributed by atoms with Gasteiger partial charge in [0, 0.05) is 12.0 Å². The minimum Gasteiger partial charge on any atom is -0.497 e. The fourth-order valence-electron chi connectivity index (χ4n) is 3.43. The number of hydrogen-bond acceptors (Lipinski definition) is 5. The maximum absolute atomic E-state index is 11.5. The zero-order chi connectivity index (χ0) is 15.8. The van der Waals surface area contributed by atoms with Gasteiger partial charge in [0.2, 0.25) is 6.29 Å². The van der Waals surface area contributed by atoms with E-state index in [1.54, 1.807) is 7.11 Å². The quantitative estimate of drug-likeness (QED) is 0.799. The number of esters is 1. The smallest absolute Gasteiger partial charge is 0.308 e. The molecule has 5 heteroatoms. The molecular weight excluding hydrogens is 296 g/mol. The molecule has 23 heavy (non-hydrogen) atoms. The molecule has 0 amide bonds. The Morgan fingerprint density at radius 3 is 2.87 bits per heavy atom. The molecule has 2 heterocycles. The molecule has 4 atom stereocenters. The molecule has 5 nitrogen and oxygen atoms in total. The van der Waals surface area contributed by atoms with E-state index in [1.807, 2.05) is 42.5 Å². The molecule has 2 aliphatic heterocycles. The van der Waals surface area contributed by atoms with Gasteiger partial charge in [0.25, 0.3) is 0 Å². The van der Waals surface area contributed by atoms with Crippen LogP contribution in [0, 0.1) is 11.8 Å². The van der Waals surface area contributed by atoms with E-state index in [-0.39, 0.29) is 23.9 Å². The molecule has 1 aliphatic carbocycles. The molecule has 0 spiro atoms. The van der Waals surface area contributed by atoms with Gasteiger partial charge in [-0.15, -0.1) is 0 Å². The summed E-state index contributed by atoms with van der Waals surface area (Å²) >= 11 is 0. The molecule has 2 saturated heterocycles. The largest absolute Gasteiger partial charge is 0.497 e. The van der Waals surface area contributed by atoms with Crippen molar-refractivity contribution in [2.75, 3.05) is 7.11 Å². The van der Waals surface area contributed by atoms with Gasteiger partial charge >= 0.3 is 5.97 Å². The van der Waals surface area contributed by atoms with Gasteiger partial charge in [-0.25, -0.2) is 0 Å². The molecule has 0 N–H and O–H groups in total. The lowest BCUT2D eigenvalue weighted by Crippen LogP contribution is -2.26. The number of ether oxygens (including phenoxy) is 4. The van der Waals surface area contributed by atoms with E-state index < -0.39 is 6.29 Å². The molecule has 120 valence electrons. The van der Waals surface area contributed by atoms with Crippen LogP contribution in [0.25, 0.3) is 0 Å². The number of hydrogen-bond donors (Lipinski definition) is 0. The second-order valence-electron chi connectivity index (χ2n) is 5.95. The number of carbonyl (C=O) groups is 1. The highest BCUT2D eigenvalue weighted by molar-refractivity contribution is 5.72. The van der Waals surface area contributed by atoms with Gasteiger partial charge in [-0.3, -0.25) is 4.79 Å². The van der Waals surface area contributed by atoms with Gasteiger partial charge < -0.3 is 18.9 Å². The van der Waals surface area contributed by atoms with E-state index in [0.29, 0.717) is 18.8 Å². The summed E-state index contributed by atoms with van der Waals surface area (Å²) in [6.07, 6.45) is 3.52. The van der Waals surface area contributed by atoms with E-state index in [0.717, 1.165) is 11.3 Å². The second-order valence-corrected chi connectivity index (χ2v) is 5.95. The van der Waals surface area contributed by atoms with Gasteiger partial charge in [0.15, 0.2) is 0 Å². The third-order valence-corrected chi connectivity index (χ3v) is 4.53. The molecule has 1 aromatic carbocycles.